The largest absolute Gasteiger partial charge is 0.497 e. The maximum Gasteiger partial charge on any atom is 0.277 e. The summed E-state index contributed by atoms with van der Waals surface area (Å²) in [6, 6.07) is 11.2. The lowest BCUT2D eigenvalue weighted by Gasteiger charge is -2.07. The third-order valence-corrected chi connectivity index (χ3v) is 3.55. The van der Waals surface area contributed by atoms with Gasteiger partial charge in [-0.3, -0.25) is 4.79 Å². The van der Waals surface area contributed by atoms with Crippen molar-refractivity contribution in [1.29, 1.82) is 0 Å². The number of carbonyl (C=O) groups excluding carboxylic acids is 1. The van der Waals surface area contributed by atoms with Gasteiger partial charge in [-0.1, -0.05) is 17.7 Å². The third-order valence-electron chi connectivity index (χ3n) is 3.55. The highest BCUT2D eigenvalue weighted by atomic mass is 16.5. The van der Waals surface area contributed by atoms with Crippen LogP contribution in [0.3, 0.4) is 0 Å². The standard InChI is InChI=1S/C19H22N2O3/c1-13-9-14(2)18(15(3)10-13)11-20-21-19(22)12-24-17-7-5-16(23-4)6-8-17/h5-11H,12H2,1-4H3,(H,21,22). The van der Waals surface area contributed by atoms with Crippen molar-refractivity contribution in [3.05, 3.63) is 58.7 Å². The SMILES string of the molecule is COc1ccc(OCC(=O)NN=Cc2c(C)cc(C)cc2C)cc1. The molecular formula is C19H22N2O3. The van der Waals surface area contributed by atoms with Crippen LogP contribution in [0.2, 0.25) is 0 Å². The van der Waals surface area contributed by atoms with Gasteiger partial charge in [-0.15, -0.1) is 0 Å². The van der Waals surface area contributed by atoms with Crippen LogP contribution in [0.25, 0.3) is 0 Å². The molecule has 0 aliphatic rings. The van der Waals surface area contributed by atoms with Crippen LogP contribution in [-0.4, -0.2) is 25.8 Å². The molecule has 0 bridgehead atoms. The van der Waals surface area contributed by atoms with Crippen molar-refractivity contribution in [2.45, 2.75) is 20.8 Å². The Morgan fingerprint density at radius 3 is 2.25 bits per heavy atom. The summed E-state index contributed by atoms with van der Waals surface area (Å²) in [7, 11) is 1.60. The molecule has 0 saturated heterocycles. The van der Waals surface area contributed by atoms with Gasteiger partial charge in [-0.05, 0) is 56.2 Å². The molecule has 126 valence electrons. The van der Waals surface area contributed by atoms with E-state index in [9.17, 15) is 4.79 Å². The highest BCUT2D eigenvalue weighted by Gasteiger charge is 2.03. The molecule has 0 radical (unpaired) electrons. The number of hydrogen-bond donors (Lipinski definition) is 1. The summed E-state index contributed by atoms with van der Waals surface area (Å²) in [6.45, 7) is 6.00. The van der Waals surface area contributed by atoms with E-state index in [1.807, 2.05) is 13.8 Å². The van der Waals surface area contributed by atoms with Crippen molar-refractivity contribution in [1.82, 2.24) is 5.43 Å². The van der Waals surface area contributed by atoms with E-state index in [4.69, 9.17) is 9.47 Å². The number of aryl methyl sites for hydroxylation is 3. The summed E-state index contributed by atoms with van der Waals surface area (Å²) in [6.07, 6.45) is 1.66. The van der Waals surface area contributed by atoms with E-state index < -0.39 is 0 Å². The minimum Gasteiger partial charge on any atom is -0.497 e. The van der Waals surface area contributed by atoms with Gasteiger partial charge in [0.25, 0.3) is 5.91 Å². The molecule has 0 aromatic heterocycles. The Labute approximate surface area is 142 Å². The van der Waals surface area contributed by atoms with Gasteiger partial charge in [-0.2, -0.15) is 5.10 Å². The first kappa shape index (κ1) is 17.5. The van der Waals surface area contributed by atoms with E-state index in [1.165, 1.54) is 5.56 Å². The average molecular weight is 326 g/mol. The summed E-state index contributed by atoms with van der Waals surface area (Å²) >= 11 is 0. The first-order valence-corrected chi connectivity index (χ1v) is 7.66. The van der Waals surface area contributed by atoms with Crippen molar-refractivity contribution in [3.8, 4) is 11.5 Å². The van der Waals surface area contributed by atoms with Gasteiger partial charge >= 0.3 is 0 Å². The molecule has 1 N–H and O–H groups in total. The van der Waals surface area contributed by atoms with Crippen molar-refractivity contribution in [2.75, 3.05) is 13.7 Å². The number of nitrogens with zero attached hydrogens (tertiary/aromatic N) is 1. The quantitative estimate of drug-likeness (QED) is 0.655. The Hall–Kier alpha value is -2.82. The number of ether oxygens (including phenoxy) is 2. The summed E-state index contributed by atoms with van der Waals surface area (Å²) in [5, 5.41) is 4.01. The van der Waals surface area contributed by atoms with E-state index in [-0.39, 0.29) is 12.5 Å². The number of benzene rings is 2. The number of hydrazone groups is 1. The molecular weight excluding hydrogens is 304 g/mol. The molecule has 0 unspecified atom stereocenters. The minimum absolute atomic E-state index is 0.102. The number of nitrogens with one attached hydrogen (secondary N) is 1. The lowest BCUT2D eigenvalue weighted by molar-refractivity contribution is -0.123. The van der Waals surface area contributed by atoms with Crippen LogP contribution in [0.4, 0.5) is 0 Å². The molecule has 2 aromatic rings. The van der Waals surface area contributed by atoms with Gasteiger partial charge in [0.1, 0.15) is 11.5 Å². The first-order chi connectivity index (χ1) is 11.5. The Kier molecular flexibility index (Phi) is 5.95. The van der Waals surface area contributed by atoms with Gasteiger partial charge in [-0.25, -0.2) is 5.43 Å². The van der Waals surface area contributed by atoms with Crippen LogP contribution < -0.4 is 14.9 Å². The molecule has 0 saturated carbocycles. The van der Waals surface area contributed by atoms with E-state index in [0.29, 0.717) is 5.75 Å². The van der Waals surface area contributed by atoms with Crippen molar-refractivity contribution < 1.29 is 14.3 Å². The number of methoxy groups -OCH3 is 1. The number of hydrogen-bond acceptors (Lipinski definition) is 4. The smallest absolute Gasteiger partial charge is 0.277 e. The number of amides is 1. The molecule has 2 rings (SSSR count). The summed E-state index contributed by atoms with van der Waals surface area (Å²) in [4.78, 5) is 11.8. The van der Waals surface area contributed by atoms with Crippen LogP contribution >= 0.6 is 0 Å². The molecule has 0 heterocycles. The topological polar surface area (TPSA) is 59.9 Å². The van der Waals surface area contributed by atoms with Crippen molar-refractivity contribution in [2.24, 2.45) is 5.10 Å². The van der Waals surface area contributed by atoms with Crippen molar-refractivity contribution in [3.63, 3.8) is 0 Å². The van der Waals surface area contributed by atoms with Crippen molar-refractivity contribution >= 4 is 12.1 Å². The maximum atomic E-state index is 11.8. The first-order valence-electron chi connectivity index (χ1n) is 7.66. The molecule has 0 aliphatic carbocycles. The lowest BCUT2D eigenvalue weighted by atomic mass is 10.0. The summed E-state index contributed by atoms with van der Waals surface area (Å²) < 4.78 is 10.5. The molecule has 0 fully saturated rings. The van der Waals surface area contributed by atoms with Crippen LogP contribution in [-0.2, 0) is 4.79 Å². The molecule has 24 heavy (non-hydrogen) atoms. The fourth-order valence-electron chi connectivity index (χ4n) is 2.42. The second-order valence-corrected chi connectivity index (χ2v) is 5.57. The van der Waals surface area contributed by atoms with Gasteiger partial charge in [0.05, 0.1) is 13.3 Å². The van der Waals surface area contributed by atoms with E-state index in [1.54, 1.807) is 37.6 Å². The van der Waals surface area contributed by atoms with Crippen LogP contribution in [0, 0.1) is 20.8 Å². The second-order valence-electron chi connectivity index (χ2n) is 5.57. The predicted molar refractivity (Wildman–Crippen MR) is 94.9 cm³/mol. The second kappa shape index (κ2) is 8.15. The van der Waals surface area contributed by atoms with Gasteiger partial charge in [0, 0.05) is 5.56 Å². The highest BCUT2D eigenvalue weighted by Crippen LogP contribution is 2.17. The lowest BCUT2D eigenvalue weighted by Crippen LogP contribution is -2.24. The number of rotatable bonds is 6. The summed E-state index contributed by atoms with van der Waals surface area (Å²) in [5.74, 6) is 1.02. The Balaban J connectivity index is 1.86. The Morgan fingerprint density at radius 1 is 1.08 bits per heavy atom. The average Bonchev–Trinajstić information content (AvgIpc) is 2.55. The summed E-state index contributed by atoms with van der Waals surface area (Å²) in [5.41, 5.74) is 6.94. The zero-order valence-electron chi connectivity index (χ0n) is 14.4. The third kappa shape index (κ3) is 4.84. The van der Waals surface area contributed by atoms with Gasteiger partial charge < -0.3 is 9.47 Å². The fraction of sp³-hybridized carbons (Fsp3) is 0.263. The van der Waals surface area contributed by atoms with E-state index >= 15 is 0 Å². The molecule has 5 nitrogen and oxygen atoms in total. The molecule has 2 aromatic carbocycles. The van der Waals surface area contributed by atoms with Gasteiger partial charge in [0.15, 0.2) is 6.61 Å². The Morgan fingerprint density at radius 2 is 1.67 bits per heavy atom. The number of carbonyl (C=O) groups is 1. The zero-order chi connectivity index (χ0) is 17.5. The predicted octanol–water partition coefficient (Wildman–Crippen LogP) is 3.15. The normalized spacial score (nSPS) is 10.7. The van der Waals surface area contributed by atoms with E-state index in [2.05, 4.69) is 29.6 Å². The van der Waals surface area contributed by atoms with Gasteiger partial charge in [0.2, 0.25) is 0 Å². The Bertz CT molecular complexity index is 714. The maximum absolute atomic E-state index is 11.8. The molecule has 1 amide bonds. The molecule has 0 aliphatic heterocycles. The molecule has 5 heteroatoms. The molecule has 0 spiro atoms. The van der Waals surface area contributed by atoms with E-state index in [0.717, 1.165) is 22.4 Å². The van der Waals surface area contributed by atoms with Crippen LogP contribution in [0.1, 0.15) is 22.3 Å². The highest BCUT2D eigenvalue weighted by molar-refractivity contribution is 5.85. The zero-order valence-corrected chi connectivity index (χ0v) is 14.4. The van der Waals surface area contributed by atoms with Crippen LogP contribution in [0.5, 0.6) is 11.5 Å². The van der Waals surface area contributed by atoms with Crippen LogP contribution in [0.15, 0.2) is 41.5 Å². The fourth-order valence-corrected chi connectivity index (χ4v) is 2.42. The monoisotopic (exact) mass is 326 g/mol. The molecule has 0 atom stereocenters. The minimum atomic E-state index is -0.315.